The molecule has 2 aromatic carbocycles. The fourth-order valence-electron chi connectivity index (χ4n) is 1.90. The highest BCUT2D eigenvalue weighted by molar-refractivity contribution is 5.96. The molecule has 2 rings (SSSR count). The molecule has 0 saturated heterocycles. The molecule has 0 aromatic heterocycles. The lowest BCUT2D eigenvalue weighted by Gasteiger charge is -2.10. The molecule has 4 nitrogen and oxygen atoms in total. The van der Waals surface area contributed by atoms with Crippen LogP contribution in [0.15, 0.2) is 36.4 Å². The van der Waals surface area contributed by atoms with E-state index in [1.54, 1.807) is 12.1 Å². The number of carboxylic acid groups (broad SMARTS) is 1. The van der Waals surface area contributed by atoms with Crippen molar-refractivity contribution in [1.82, 2.24) is 0 Å². The molecule has 5 heteroatoms. The lowest BCUT2D eigenvalue weighted by molar-refractivity contribution is 0.0697. The van der Waals surface area contributed by atoms with Crippen LogP contribution in [0.4, 0.5) is 4.39 Å². The molecule has 0 aliphatic heterocycles. The van der Waals surface area contributed by atoms with Gasteiger partial charge in [0, 0.05) is 11.6 Å². The van der Waals surface area contributed by atoms with Crippen LogP contribution in [0.2, 0.25) is 0 Å². The first-order valence-electron chi connectivity index (χ1n) is 5.82. The van der Waals surface area contributed by atoms with E-state index in [2.05, 4.69) is 0 Å². The van der Waals surface area contributed by atoms with E-state index >= 15 is 0 Å². The molecule has 0 spiro atoms. The van der Waals surface area contributed by atoms with Gasteiger partial charge in [0.15, 0.2) is 0 Å². The topological polar surface area (TPSA) is 55.8 Å². The van der Waals surface area contributed by atoms with Gasteiger partial charge in [-0.2, -0.15) is 0 Å². The van der Waals surface area contributed by atoms with Crippen molar-refractivity contribution in [1.29, 1.82) is 0 Å². The summed E-state index contributed by atoms with van der Waals surface area (Å²) >= 11 is 0. The summed E-state index contributed by atoms with van der Waals surface area (Å²) in [5.74, 6) is -0.914. The van der Waals surface area contributed by atoms with Crippen molar-refractivity contribution >= 4 is 5.97 Å². The highest BCUT2D eigenvalue weighted by atomic mass is 19.1. The summed E-state index contributed by atoms with van der Waals surface area (Å²) in [6.07, 6.45) is 0. The Kier molecular flexibility index (Phi) is 3.89. The maximum atomic E-state index is 14.0. The Morgan fingerprint density at radius 3 is 2.05 bits per heavy atom. The fourth-order valence-corrected chi connectivity index (χ4v) is 1.90. The number of halogens is 1. The molecule has 20 heavy (non-hydrogen) atoms. The Morgan fingerprint density at radius 2 is 1.55 bits per heavy atom. The summed E-state index contributed by atoms with van der Waals surface area (Å²) < 4.78 is 24.0. The summed E-state index contributed by atoms with van der Waals surface area (Å²) in [5.41, 5.74) is 0.470. The van der Waals surface area contributed by atoms with Gasteiger partial charge in [-0.1, -0.05) is 0 Å². The van der Waals surface area contributed by atoms with Crippen LogP contribution in [-0.4, -0.2) is 25.3 Å². The van der Waals surface area contributed by atoms with Gasteiger partial charge in [0.1, 0.15) is 17.3 Å². The van der Waals surface area contributed by atoms with Gasteiger partial charge >= 0.3 is 5.97 Å². The van der Waals surface area contributed by atoms with E-state index in [4.69, 9.17) is 9.47 Å². The van der Waals surface area contributed by atoms with Crippen molar-refractivity contribution in [2.24, 2.45) is 0 Å². The number of ether oxygens (including phenoxy) is 2. The zero-order valence-electron chi connectivity index (χ0n) is 11.0. The minimum atomic E-state index is -1.14. The first-order chi connectivity index (χ1) is 9.56. The maximum absolute atomic E-state index is 14.0. The number of rotatable bonds is 4. The Hall–Kier alpha value is -2.56. The second-order valence-corrected chi connectivity index (χ2v) is 4.06. The van der Waals surface area contributed by atoms with Crippen LogP contribution < -0.4 is 9.47 Å². The lowest BCUT2D eigenvalue weighted by atomic mass is 9.98. The van der Waals surface area contributed by atoms with Crippen molar-refractivity contribution in [3.63, 3.8) is 0 Å². The number of hydrogen-bond donors (Lipinski definition) is 1. The monoisotopic (exact) mass is 276 g/mol. The largest absolute Gasteiger partial charge is 0.497 e. The van der Waals surface area contributed by atoms with Crippen LogP contribution in [0.5, 0.6) is 11.5 Å². The normalized spacial score (nSPS) is 10.2. The Balaban J connectivity index is 2.60. The molecule has 0 aliphatic carbocycles. The molecular weight excluding hydrogens is 263 g/mol. The van der Waals surface area contributed by atoms with Crippen molar-refractivity contribution in [3.05, 3.63) is 47.8 Å². The highest BCUT2D eigenvalue weighted by Gasteiger charge is 2.16. The zero-order valence-corrected chi connectivity index (χ0v) is 11.0. The number of benzene rings is 2. The summed E-state index contributed by atoms with van der Waals surface area (Å²) in [5, 5.41) is 9.24. The average molecular weight is 276 g/mol. The highest BCUT2D eigenvalue weighted by Crippen LogP contribution is 2.31. The molecule has 0 heterocycles. The molecule has 0 atom stereocenters. The van der Waals surface area contributed by atoms with E-state index in [1.165, 1.54) is 38.5 Å². The van der Waals surface area contributed by atoms with Crippen molar-refractivity contribution in [3.8, 4) is 22.6 Å². The molecule has 0 fully saturated rings. The number of methoxy groups -OCH3 is 2. The molecule has 0 bridgehead atoms. The summed E-state index contributed by atoms with van der Waals surface area (Å²) in [6, 6.07) is 8.75. The number of hydrogen-bond acceptors (Lipinski definition) is 3. The number of carboxylic acids is 1. The molecule has 0 radical (unpaired) electrons. The first-order valence-corrected chi connectivity index (χ1v) is 5.82. The van der Waals surface area contributed by atoms with E-state index in [0.717, 1.165) is 0 Å². The smallest absolute Gasteiger partial charge is 0.336 e. The van der Waals surface area contributed by atoms with Crippen LogP contribution in [0.25, 0.3) is 11.1 Å². The van der Waals surface area contributed by atoms with Gasteiger partial charge in [-0.3, -0.25) is 0 Å². The van der Waals surface area contributed by atoms with Crippen LogP contribution in [0, 0.1) is 5.82 Å². The average Bonchev–Trinajstić information content (AvgIpc) is 2.46. The van der Waals surface area contributed by atoms with Crippen LogP contribution in [0.3, 0.4) is 0 Å². The minimum absolute atomic E-state index is 0.0200. The van der Waals surface area contributed by atoms with Crippen molar-refractivity contribution in [2.45, 2.75) is 0 Å². The van der Waals surface area contributed by atoms with Gasteiger partial charge in [0.05, 0.1) is 19.8 Å². The zero-order chi connectivity index (χ0) is 14.7. The second-order valence-electron chi connectivity index (χ2n) is 4.06. The Morgan fingerprint density at radius 1 is 1.00 bits per heavy atom. The van der Waals surface area contributed by atoms with E-state index in [9.17, 15) is 14.3 Å². The van der Waals surface area contributed by atoms with Gasteiger partial charge in [-0.25, -0.2) is 9.18 Å². The molecule has 0 aliphatic rings. The Labute approximate surface area is 115 Å². The van der Waals surface area contributed by atoms with Crippen LogP contribution >= 0.6 is 0 Å². The number of carbonyl (C=O) groups is 1. The molecule has 0 saturated carbocycles. The number of aromatic carboxylic acids is 1. The first kappa shape index (κ1) is 13.9. The third-order valence-corrected chi connectivity index (χ3v) is 2.92. The summed E-state index contributed by atoms with van der Waals surface area (Å²) in [6.45, 7) is 0. The van der Waals surface area contributed by atoms with E-state index < -0.39 is 11.8 Å². The van der Waals surface area contributed by atoms with Crippen LogP contribution in [0.1, 0.15) is 10.4 Å². The fraction of sp³-hybridized carbons (Fsp3) is 0.133. The lowest BCUT2D eigenvalue weighted by Crippen LogP contribution is -2.01. The Bertz CT molecular complexity index is 652. The van der Waals surface area contributed by atoms with Crippen molar-refractivity contribution < 1.29 is 23.8 Å². The molecule has 1 N–H and O–H groups in total. The molecule has 0 amide bonds. The van der Waals surface area contributed by atoms with Gasteiger partial charge in [-0.15, -0.1) is 0 Å². The maximum Gasteiger partial charge on any atom is 0.336 e. The van der Waals surface area contributed by atoms with Crippen molar-refractivity contribution in [2.75, 3.05) is 14.2 Å². The van der Waals surface area contributed by atoms with Gasteiger partial charge < -0.3 is 14.6 Å². The second kappa shape index (κ2) is 5.61. The van der Waals surface area contributed by atoms with Gasteiger partial charge in [-0.05, 0) is 35.9 Å². The minimum Gasteiger partial charge on any atom is -0.497 e. The van der Waals surface area contributed by atoms with Crippen LogP contribution in [-0.2, 0) is 0 Å². The summed E-state index contributed by atoms with van der Waals surface area (Å²) in [4.78, 5) is 11.3. The molecule has 0 unspecified atom stereocenters. The SMILES string of the molecule is COc1ccc(-c2ccc(OC)cc2C(=O)O)c(F)c1. The quantitative estimate of drug-likeness (QED) is 0.931. The molecule has 104 valence electrons. The predicted octanol–water partition coefficient (Wildman–Crippen LogP) is 3.21. The summed E-state index contributed by atoms with van der Waals surface area (Å²) in [7, 11) is 2.87. The van der Waals surface area contributed by atoms with Gasteiger partial charge in [0.2, 0.25) is 0 Å². The standard InChI is InChI=1S/C15H13FO4/c1-19-9-3-5-11(13(7-9)15(17)18)12-6-4-10(20-2)8-14(12)16/h3-8H,1-2H3,(H,17,18). The molecule has 2 aromatic rings. The van der Waals surface area contributed by atoms with Gasteiger partial charge in [0.25, 0.3) is 0 Å². The van der Waals surface area contributed by atoms with E-state index in [1.807, 2.05) is 0 Å². The van der Waals surface area contributed by atoms with E-state index in [-0.39, 0.29) is 11.1 Å². The third-order valence-electron chi connectivity index (χ3n) is 2.92. The van der Waals surface area contributed by atoms with E-state index in [0.29, 0.717) is 17.1 Å². The molecular formula is C15H13FO4. The predicted molar refractivity (Wildman–Crippen MR) is 71.9 cm³/mol. The third kappa shape index (κ3) is 2.56.